The molecule has 1 heterocycles. The van der Waals surface area contributed by atoms with E-state index in [1.165, 1.54) is 14.2 Å². The van der Waals surface area contributed by atoms with E-state index in [1.807, 2.05) is 91.0 Å². The van der Waals surface area contributed by atoms with Crippen LogP contribution in [0.5, 0.6) is 0 Å². The molecule has 0 radical (unpaired) electrons. The predicted molar refractivity (Wildman–Crippen MR) is 150 cm³/mol. The molecule has 3 aromatic rings. The van der Waals surface area contributed by atoms with E-state index >= 15 is 0 Å². The van der Waals surface area contributed by atoms with E-state index in [4.69, 9.17) is 34.2 Å². The van der Waals surface area contributed by atoms with E-state index in [-0.39, 0.29) is 19.8 Å². The summed E-state index contributed by atoms with van der Waals surface area (Å²) in [5.41, 5.74) is 9.60. The van der Waals surface area contributed by atoms with Crippen LogP contribution in [0.2, 0.25) is 0 Å². The number of nitrogens with two attached hydrogens (primary N) is 1. The molecule has 0 amide bonds. The maximum atomic E-state index is 12.8. The van der Waals surface area contributed by atoms with E-state index in [2.05, 4.69) is 0 Å². The van der Waals surface area contributed by atoms with E-state index in [9.17, 15) is 9.59 Å². The number of hydrogen-bond donors (Lipinski definition) is 1. The van der Waals surface area contributed by atoms with E-state index < -0.39 is 48.3 Å². The minimum Gasteiger partial charge on any atom is -0.468 e. The molecule has 0 unspecified atom stereocenters. The van der Waals surface area contributed by atoms with E-state index in [1.54, 1.807) is 0 Å². The zero-order chi connectivity index (χ0) is 29.0. The van der Waals surface area contributed by atoms with Gasteiger partial charge in [-0.1, -0.05) is 91.0 Å². The molecule has 1 fully saturated rings. The van der Waals surface area contributed by atoms with Gasteiger partial charge in [-0.25, -0.2) is 0 Å². The van der Waals surface area contributed by atoms with E-state index in [0.29, 0.717) is 6.61 Å². The number of benzene rings is 3. The van der Waals surface area contributed by atoms with Gasteiger partial charge in [-0.3, -0.25) is 9.59 Å². The zero-order valence-corrected chi connectivity index (χ0v) is 23.3. The average Bonchev–Trinajstić information content (AvgIpc) is 3.02. The fourth-order valence-corrected chi connectivity index (χ4v) is 4.85. The molecule has 5 atom stereocenters. The maximum Gasteiger partial charge on any atom is 0.322 e. The van der Waals surface area contributed by atoms with Crippen molar-refractivity contribution in [1.29, 1.82) is 0 Å². The molecule has 0 saturated carbocycles. The summed E-state index contributed by atoms with van der Waals surface area (Å²) in [6, 6.07) is 28.1. The van der Waals surface area contributed by atoms with Crippen molar-refractivity contribution in [2.75, 3.05) is 20.8 Å². The minimum absolute atomic E-state index is 0.0951. The molecule has 0 bridgehead atoms. The Kier molecular flexibility index (Phi) is 11.4. The Morgan fingerprint density at radius 2 is 1.15 bits per heavy atom. The smallest absolute Gasteiger partial charge is 0.322 e. The molecule has 1 aliphatic heterocycles. The van der Waals surface area contributed by atoms with Crippen molar-refractivity contribution in [3.05, 3.63) is 108 Å². The van der Waals surface area contributed by atoms with Gasteiger partial charge >= 0.3 is 11.9 Å². The largest absolute Gasteiger partial charge is 0.468 e. The molecule has 4 rings (SSSR count). The van der Waals surface area contributed by atoms with Crippen molar-refractivity contribution >= 4 is 11.9 Å². The van der Waals surface area contributed by atoms with Crippen molar-refractivity contribution in [3.8, 4) is 0 Å². The molecule has 0 aliphatic carbocycles. The van der Waals surface area contributed by atoms with Gasteiger partial charge in [0.25, 0.3) is 0 Å². The van der Waals surface area contributed by atoms with Crippen molar-refractivity contribution in [1.82, 2.24) is 0 Å². The normalized spacial score (nSPS) is 22.3. The summed E-state index contributed by atoms with van der Waals surface area (Å²) in [7, 11) is 2.39. The topological polar surface area (TPSA) is 116 Å². The molecule has 2 N–H and O–H groups in total. The SMILES string of the molecule is COC(=O)C(C(=O)OC)[C@@H]1O[C@H](COCc2ccccc2)[C@H](OCc2ccccc2)[C@H](OCc2ccccc2)[C@H]1N. The summed E-state index contributed by atoms with van der Waals surface area (Å²) < 4.78 is 35.1. The number of methoxy groups -OCH3 is 2. The highest BCUT2D eigenvalue weighted by Crippen LogP contribution is 2.31. The lowest BCUT2D eigenvalue weighted by molar-refractivity contribution is -0.239. The maximum absolute atomic E-state index is 12.8. The lowest BCUT2D eigenvalue weighted by Gasteiger charge is -2.46. The number of carbonyl (C=O) groups is 2. The number of carbonyl (C=O) groups excluding carboxylic acids is 2. The fourth-order valence-electron chi connectivity index (χ4n) is 4.85. The van der Waals surface area contributed by atoms with Crippen molar-refractivity contribution in [2.24, 2.45) is 11.7 Å². The van der Waals surface area contributed by atoms with Crippen LogP contribution in [-0.4, -0.2) is 63.2 Å². The molecular formula is C32H37NO8. The number of hydrogen-bond acceptors (Lipinski definition) is 9. The Morgan fingerprint density at radius 3 is 1.61 bits per heavy atom. The first-order valence-corrected chi connectivity index (χ1v) is 13.5. The molecule has 1 saturated heterocycles. The van der Waals surface area contributed by atoms with Gasteiger partial charge < -0.3 is 34.2 Å². The van der Waals surface area contributed by atoms with Gasteiger partial charge in [0, 0.05) is 0 Å². The predicted octanol–water partition coefficient (Wildman–Crippen LogP) is 3.43. The Bertz CT molecular complexity index is 1190. The highest BCUT2D eigenvalue weighted by atomic mass is 16.6. The summed E-state index contributed by atoms with van der Waals surface area (Å²) in [6.07, 6.45) is -3.29. The highest BCUT2D eigenvalue weighted by molar-refractivity contribution is 5.95. The Morgan fingerprint density at radius 1 is 0.707 bits per heavy atom. The molecule has 9 nitrogen and oxygen atoms in total. The van der Waals surface area contributed by atoms with E-state index in [0.717, 1.165) is 16.7 Å². The molecule has 0 spiro atoms. The van der Waals surface area contributed by atoms with Crippen LogP contribution in [0.1, 0.15) is 16.7 Å². The van der Waals surface area contributed by atoms with Gasteiger partial charge in [-0.15, -0.1) is 0 Å². The van der Waals surface area contributed by atoms with Crippen molar-refractivity contribution < 1.29 is 38.0 Å². The minimum atomic E-state index is -1.42. The quantitative estimate of drug-likeness (QED) is 0.247. The standard InChI is InChI=1S/C32H37NO8/c1-36-31(34)26(32(35)37-2)29-27(33)30(40-20-24-16-10-5-11-17-24)28(39-19-23-14-8-4-9-15-23)25(41-29)21-38-18-22-12-6-3-7-13-22/h3-17,25-30H,18-21,33H2,1-2H3/t25-,27+,28+,29+,30-/m1/s1. The summed E-state index contributed by atoms with van der Waals surface area (Å²) in [4.78, 5) is 25.6. The van der Waals surface area contributed by atoms with Crippen LogP contribution in [0.3, 0.4) is 0 Å². The second-order valence-electron chi connectivity index (χ2n) is 9.76. The Balaban J connectivity index is 1.63. The average molecular weight is 564 g/mol. The monoisotopic (exact) mass is 563 g/mol. The summed E-state index contributed by atoms with van der Waals surface area (Å²) >= 11 is 0. The molecule has 41 heavy (non-hydrogen) atoms. The van der Waals surface area contributed by atoms with Gasteiger partial charge in [0.1, 0.15) is 18.3 Å². The fraction of sp³-hybridized carbons (Fsp3) is 0.375. The van der Waals surface area contributed by atoms with Crippen molar-refractivity contribution in [2.45, 2.75) is 50.3 Å². The summed E-state index contributed by atoms with van der Waals surface area (Å²) in [5.74, 6) is -3.05. The van der Waals surface area contributed by atoms with Gasteiger partial charge in [-0.05, 0) is 16.7 Å². The van der Waals surface area contributed by atoms with Gasteiger partial charge in [0.15, 0.2) is 5.92 Å². The van der Waals surface area contributed by atoms with Crippen LogP contribution in [0.25, 0.3) is 0 Å². The van der Waals surface area contributed by atoms with Crippen molar-refractivity contribution in [3.63, 3.8) is 0 Å². The first kappa shape index (κ1) is 30.4. The lowest BCUT2D eigenvalue weighted by atomic mass is 9.86. The van der Waals surface area contributed by atoms with Crippen LogP contribution in [0.4, 0.5) is 0 Å². The molecule has 9 heteroatoms. The zero-order valence-electron chi connectivity index (χ0n) is 23.3. The lowest BCUT2D eigenvalue weighted by Crippen LogP contribution is -2.66. The van der Waals surface area contributed by atoms with Crippen LogP contribution < -0.4 is 5.73 Å². The second kappa shape index (κ2) is 15.4. The molecule has 0 aromatic heterocycles. The molecular weight excluding hydrogens is 526 g/mol. The first-order chi connectivity index (χ1) is 20.0. The molecule has 3 aromatic carbocycles. The number of ether oxygens (including phenoxy) is 6. The number of rotatable bonds is 13. The van der Waals surface area contributed by atoms with Gasteiger partial charge in [0.05, 0.1) is 52.8 Å². The van der Waals surface area contributed by atoms with Crippen LogP contribution in [-0.2, 0) is 57.8 Å². The molecule has 218 valence electrons. The summed E-state index contributed by atoms with van der Waals surface area (Å²) in [6.45, 7) is 0.924. The Labute approximate surface area is 240 Å². The third-order valence-electron chi connectivity index (χ3n) is 6.98. The summed E-state index contributed by atoms with van der Waals surface area (Å²) in [5, 5.41) is 0. The van der Waals surface area contributed by atoms with Crippen LogP contribution >= 0.6 is 0 Å². The third-order valence-corrected chi connectivity index (χ3v) is 6.98. The Hall–Kier alpha value is -3.60. The highest BCUT2D eigenvalue weighted by Gasteiger charge is 2.52. The third kappa shape index (κ3) is 8.22. The van der Waals surface area contributed by atoms with Crippen LogP contribution in [0.15, 0.2) is 91.0 Å². The number of esters is 2. The molecule has 1 aliphatic rings. The first-order valence-electron chi connectivity index (χ1n) is 13.5. The second-order valence-corrected chi connectivity index (χ2v) is 9.76. The van der Waals surface area contributed by atoms with Gasteiger partial charge in [0.2, 0.25) is 0 Å². The van der Waals surface area contributed by atoms with Gasteiger partial charge in [-0.2, -0.15) is 0 Å². The van der Waals surface area contributed by atoms with Crippen LogP contribution in [0, 0.1) is 5.92 Å².